The van der Waals surface area contributed by atoms with Crippen molar-refractivity contribution in [3.05, 3.63) is 71.8 Å². The molecule has 2 bridgehead atoms. The first-order chi connectivity index (χ1) is 18.8. The molecule has 0 saturated carbocycles. The van der Waals surface area contributed by atoms with Crippen LogP contribution in [0.25, 0.3) is 0 Å². The molecule has 3 N–H and O–H groups in total. The summed E-state index contributed by atoms with van der Waals surface area (Å²) in [6, 6.07) is 18.2. The minimum Gasteiger partial charge on any atom is -0.394 e. The summed E-state index contributed by atoms with van der Waals surface area (Å²) >= 11 is 1.66. The number of nitrogens with one attached hydrogen (secondary N) is 2. The second-order valence-corrected chi connectivity index (χ2v) is 13.2. The third kappa shape index (κ3) is 4.97. The lowest BCUT2D eigenvalue weighted by Gasteiger charge is -2.37. The van der Waals surface area contributed by atoms with Crippen LogP contribution in [0.15, 0.2) is 60.7 Å². The molecule has 3 aliphatic rings. The van der Waals surface area contributed by atoms with Crippen molar-refractivity contribution >= 4 is 29.5 Å². The van der Waals surface area contributed by atoms with Crippen LogP contribution in [0.2, 0.25) is 0 Å². The fraction of sp³-hybridized carbons (Fsp3) is 0.516. The number of amides is 3. The molecule has 208 valence electrons. The van der Waals surface area contributed by atoms with Gasteiger partial charge < -0.3 is 20.6 Å². The van der Waals surface area contributed by atoms with Crippen LogP contribution in [0, 0.1) is 11.8 Å². The van der Waals surface area contributed by atoms with E-state index in [2.05, 4.69) is 24.5 Å². The summed E-state index contributed by atoms with van der Waals surface area (Å²) in [6.07, 6.45) is 3.70. The van der Waals surface area contributed by atoms with E-state index in [-0.39, 0.29) is 24.3 Å². The maximum Gasteiger partial charge on any atom is 0.244 e. The predicted molar refractivity (Wildman–Crippen MR) is 153 cm³/mol. The zero-order valence-electron chi connectivity index (χ0n) is 22.8. The van der Waals surface area contributed by atoms with Gasteiger partial charge in [-0.05, 0) is 43.7 Å². The van der Waals surface area contributed by atoms with Crippen LogP contribution in [0.1, 0.15) is 50.7 Å². The molecule has 2 unspecified atom stereocenters. The third-order valence-electron chi connectivity index (χ3n) is 8.80. The van der Waals surface area contributed by atoms with E-state index in [4.69, 9.17) is 0 Å². The highest BCUT2D eigenvalue weighted by atomic mass is 32.2. The second-order valence-electron chi connectivity index (χ2n) is 11.3. The van der Waals surface area contributed by atoms with Crippen LogP contribution < -0.4 is 10.6 Å². The van der Waals surface area contributed by atoms with Crippen molar-refractivity contribution in [3.63, 3.8) is 0 Å². The highest BCUT2D eigenvalue weighted by molar-refractivity contribution is 8.02. The molecule has 6 atom stereocenters. The molecule has 0 aromatic heterocycles. The van der Waals surface area contributed by atoms with Crippen LogP contribution >= 0.6 is 11.8 Å². The second kappa shape index (κ2) is 11.3. The molecule has 5 rings (SSSR count). The Hall–Kier alpha value is -2.84. The molecule has 8 heteroatoms. The fourth-order valence-electron chi connectivity index (χ4n) is 6.97. The zero-order chi connectivity index (χ0) is 27.6. The first-order valence-electron chi connectivity index (χ1n) is 14.1. The summed E-state index contributed by atoms with van der Waals surface area (Å²) in [5.74, 6) is -1.64. The molecule has 3 saturated heterocycles. The van der Waals surface area contributed by atoms with E-state index < -0.39 is 33.4 Å². The normalized spacial score (nSPS) is 29.8. The van der Waals surface area contributed by atoms with Crippen LogP contribution in [0.5, 0.6) is 0 Å². The number of likely N-dealkylation sites (tertiary alicyclic amines) is 1. The Morgan fingerprint density at radius 1 is 1.03 bits per heavy atom. The first-order valence-corrected chi connectivity index (χ1v) is 14.9. The minimum atomic E-state index is -0.730. The van der Waals surface area contributed by atoms with Gasteiger partial charge >= 0.3 is 0 Å². The number of aliphatic hydroxyl groups is 1. The Kier molecular flexibility index (Phi) is 8.06. The van der Waals surface area contributed by atoms with E-state index in [1.807, 2.05) is 60.7 Å². The van der Waals surface area contributed by atoms with E-state index >= 15 is 0 Å². The molecule has 2 aromatic carbocycles. The van der Waals surface area contributed by atoms with Crippen molar-refractivity contribution in [1.29, 1.82) is 0 Å². The third-order valence-corrected chi connectivity index (χ3v) is 10.8. The van der Waals surface area contributed by atoms with Crippen LogP contribution in [-0.2, 0) is 27.3 Å². The van der Waals surface area contributed by atoms with E-state index in [9.17, 15) is 19.5 Å². The van der Waals surface area contributed by atoms with Crippen LogP contribution in [0.3, 0.4) is 0 Å². The molecule has 0 aliphatic carbocycles. The number of hydrogen-bond donors (Lipinski definition) is 3. The van der Waals surface area contributed by atoms with Crippen LogP contribution in [-0.4, -0.2) is 62.5 Å². The number of unbranched alkanes of at least 4 members (excludes halogenated alkanes) is 1. The number of nitrogens with zero attached hydrogens (tertiary/aromatic N) is 1. The van der Waals surface area contributed by atoms with Crippen molar-refractivity contribution in [1.82, 2.24) is 15.5 Å². The van der Waals surface area contributed by atoms with Crippen molar-refractivity contribution < 1.29 is 19.5 Å². The summed E-state index contributed by atoms with van der Waals surface area (Å²) < 4.78 is -1.12. The van der Waals surface area contributed by atoms with Gasteiger partial charge in [-0.25, -0.2) is 0 Å². The van der Waals surface area contributed by atoms with Crippen molar-refractivity contribution in [2.24, 2.45) is 11.8 Å². The number of carbonyl (C=O) groups is 3. The molecule has 3 amide bonds. The smallest absolute Gasteiger partial charge is 0.244 e. The summed E-state index contributed by atoms with van der Waals surface area (Å²) in [5, 5.41) is 16.7. The molecule has 7 nitrogen and oxygen atoms in total. The predicted octanol–water partition coefficient (Wildman–Crippen LogP) is 3.30. The molecule has 1 spiro atoms. The maximum absolute atomic E-state index is 14.4. The molecule has 2 aromatic rings. The fourth-order valence-corrected chi connectivity index (χ4v) is 9.32. The monoisotopic (exact) mass is 549 g/mol. The summed E-state index contributed by atoms with van der Waals surface area (Å²) in [4.78, 5) is 43.7. The van der Waals surface area contributed by atoms with Gasteiger partial charge in [0.05, 0.1) is 29.2 Å². The van der Waals surface area contributed by atoms with E-state index in [0.29, 0.717) is 25.9 Å². The van der Waals surface area contributed by atoms with Gasteiger partial charge in [0, 0.05) is 17.8 Å². The van der Waals surface area contributed by atoms with E-state index in [0.717, 1.165) is 30.4 Å². The lowest BCUT2D eigenvalue weighted by molar-refractivity contribution is -0.143. The largest absolute Gasteiger partial charge is 0.394 e. The number of benzene rings is 2. The number of fused-ring (bicyclic) bond motifs is 1. The van der Waals surface area contributed by atoms with Gasteiger partial charge in [-0.3, -0.25) is 14.4 Å². The number of aliphatic hydroxyl groups excluding tert-OH is 1. The Labute approximate surface area is 235 Å². The first kappa shape index (κ1) is 27.7. The summed E-state index contributed by atoms with van der Waals surface area (Å²) in [6.45, 7) is 4.83. The van der Waals surface area contributed by atoms with Gasteiger partial charge in [-0.1, -0.05) is 74.0 Å². The van der Waals surface area contributed by atoms with Gasteiger partial charge in [-0.15, -0.1) is 11.8 Å². The molecule has 3 heterocycles. The lowest BCUT2D eigenvalue weighted by Crippen LogP contribution is -2.57. The topological polar surface area (TPSA) is 98.7 Å². The number of hydrogen-bond acceptors (Lipinski definition) is 5. The average Bonchev–Trinajstić information content (AvgIpc) is 3.52. The SMILES string of the molecule is CCCCNC(=O)C1N([C@@H](CO)Cc2ccccc2)C(=O)[C@@H]2[C@@H](C(=O)NCc3ccccc3)[C@@]3(C)CCC12S3. The van der Waals surface area contributed by atoms with Crippen LogP contribution in [0.4, 0.5) is 0 Å². The summed E-state index contributed by atoms with van der Waals surface area (Å²) in [5.41, 5.74) is 1.99. The van der Waals surface area contributed by atoms with Gasteiger partial charge in [0.25, 0.3) is 0 Å². The van der Waals surface area contributed by atoms with E-state index in [1.54, 1.807) is 16.7 Å². The highest BCUT2D eigenvalue weighted by Gasteiger charge is 2.77. The highest BCUT2D eigenvalue weighted by Crippen LogP contribution is 2.71. The number of thioether (sulfide) groups is 1. The van der Waals surface area contributed by atoms with Gasteiger partial charge in [-0.2, -0.15) is 0 Å². The molecule has 39 heavy (non-hydrogen) atoms. The van der Waals surface area contributed by atoms with Gasteiger partial charge in [0.1, 0.15) is 6.04 Å². The Morgan fingerprint density at radius 2 is 1.69 bits per heavy atom. The Bertz CT molecular complexity index is 1190. The molecular weight excluding hydrogens is 510 g/mol. The maximum atomic E-state index is 14.4. The molecule has 3 fully saturated rings. The van der Waals surface area contributed by atoms with Gasteiger partial charge in [0.2, 0.25) is 17.7 Å². The van der Waals surface area contributed by atoms with Crippen molar-refractivity contribution in [2.75, 3.05) is 13.2 Å². The van der Waals surface area contributed by atoms with Gasteiger partial charge in [0.15, 0.2) is 0 Å². The number of carbonyl (C=O) groups excluding carboxylic acids is 3. The number of rotatable bonds is 11. The lowest BCUT2D eigenvalue weighted by atomic mass is 9.66. The molecule has 0 radical (unpaired) electrons. The Balaban J connectivity index is 1.48. The minimum absolute atomic E-state index is 0.135. The average molecular weight is 550 g/mol. The van der Waals surface area contributed by atoms with Crippen molar-refractivity contribution in [2.45, 2.75) is 74.1 Å². The standard InChI is InChI=1S/C31H39N3O4S/c1-3-4-17-32-28(37)26-31-16-15-30(2,39-31)24(27(36)33-19-22-13-9-6-10-14-22)25(31)29(38)34(26)23(20-35)18-21-11-7-5-8-12-21/h5-14,23-26,35H,3-4,15-20H2,1-2H3,(H,32,37)(H,33,36)/t23-,24+,25+,26?,30-,31?/m1/s1. The zero-order valence-corrected chi connectivity index (χ0v) is 23.6. The van der Waals surface area contributed by atoms with E-state index in [1.165, 1.54) is 0 Å². The molecule has 3 aliphatic heterocycles. The Morgan fingerprint density at radius 3 is 2.33 bits per heavy atom. The molecular formula is C31H39N3O4S. The quantitative estimate of drug-likeness (QED) is 0.374. The summed E-state index contributed by atoms with van der Waals surface area (Å²) in [7, 11) is 0. The van der Waals surface area contributed by atoms with Crippen molar-refractivity contribution in [3.8, 4) is 0 Å².